The third kappa shape index (κ3) is 3.77. The molecule has 5 heteroatoms. The highest BCUT2D eigenvalue weighted by Gasteiger charge is 2.07. The largest absolute Gasteiger partial charge is 0.496 e. The number of amidine groups is 1. The Morgan fingerprint density at radius 3 is 2.75 bits per heavy atom. The van der Waals surface area contributed by atoms with Crippen molar-refractivity contribution < 1.29 is 4.74 Å². The van der Waals surface area contributed by atoms with E-state index in [-0.39, 0.29) is 5.84 Å². The van der Waals surface area contributed by atoms with Crippen molar-refractivity contribution in [3.8, 4) is 5.75 Å². The molecule has 0 fully saturated rings. The minimum absolute atomic E-state index is 0.0707. The summed E-state index contributed by atoms with van der Waals surface area (Å²) in [5, 5.41) is 7.51. The molecule has 2 aromatic carbocycles. The molecule has 0 aliphatic carbocycles. The van der Waals surface area contributed by atoms with Gasteiger partial charge in [0.1, 0.15) is 11.6 Å². The fraction of sp³-hybridized carbons (Fsp3) is 0.133. The number of nitrogens with two attached hydrogens (primary N) is 1. The van der Waals surface area contributed by atoms with Gasteiger partial charge in [-0.25, -0.2) is 0 Å². The molecule has 0 unspecified atom stereocenters. The van der Waals surface area contributed by atoms with E-state index in [0.717, 1.165) is 27.1 Å². The molecule has 104 valence electrons. The third-order valence-corrected chi connectivity index (χ3v) is 4.32. The van der Waals surface area contributed by atoms with E-state index in [1.807, 2.05) is 24.3 Å². The van der Waals surface area contributed by atoms with Crippen LogP contribution in [0, 0.1) is 5.41 Å². The summed E-state index contributed by atoms with van der Waals surface area (Å²) in [6, 6.07) is 13.7. The Morgan fingerprint density at radius 1 is 1.30 bits per heavy atom. The zero-order chi connectivity index (χ0) is 14.5. The minimum atomic E-state index is 0.0707. The van der Waals surface area contributed by atoms with Crippen LogP contribution in [0.1, 0.15) is 11.1 Å². The van der Waals surface area contributed by atoms with Crippen LogP contribution >= 0.6 is 27.7 Å². The molecule has 0 heterocycles. The van der Waals surface area contributed by atoms with E-state index in [0.29, 0.717) is 0 Å². The Labute approximate surface area is 131 Å². The molecular formula is C15H15BrN2OS. The number of methoxy groups -OCH3 is 1. The number of nitrogens with one attached hydrogen (secondary N) is 1. The molecule has 0 saturated heterocycles. The normalized spacial score (nSPS) is 10.3. The lowest BCUT2D eigenvalue weighted by atomic mass is 10.1. The molecule has 3 nitrogen and oxygen atoms in total. The van der Waals surface area contributed by atoms with Gasteiger partial charge in [0.2, 0.25) is 0 Å². The first-order valence-corrected chi connectivity index (χ1v) is 7.77. The van der Waals surface area contributed by atoms with Gasteiger partial charge in [0.15, 0.2) is 0 Å². The van der Waals surface area contributed by atoms with Crippen LogP contribution in [0.5, 0.6) is 5.75 Å². The van der Waals surface area contributed by atoms with Crippen LogP contribution in [0.2, 0.25) is 0 Å². The summed E-state index contributed by atoms with van der Waals surface area (Å²) < 4.78 is 6.42. The van der Waals surface area contributed by atoms with Crippen LogP contribution in [0.3, 0.4) is 0 Å². The Hall–Kier alpha value is -1.46. The van der Waals surface area contributed by atoms with Gasteiger partial charge in [0.25, 0.3) is 0 Å². The van der Waals surface area contributed by atoms with Crippen LogP contribution < -0.4 is 10.5 Å². The van der Waals surface area contributed by atoms with Crippen LogP contribution in [0.4, 0.5) is 0 Å². The SMILES string of the molecule is COc1ccc(C(=N)N)cc1CSc1cccc(Br)c1. The Bertz CT molecular complexity index is 631. The maximum Gasteiger partial charge on any atom is 0.122 e. The van der Waals surface area contributed by atoms with Gasteiger partial charge in [-0.1, -0.05) is 22.0 Å². The second-order valence-electron chi connectivity index (χ2n) is 4.19. The zero-order valence-corrected chi connectivity index (χ0v) is 13.4. The molecule has 0 amide bonds. The Balaban J connectivity index is 2.19. The van der Waals surface area contributed by atoms with Gasteiger partial charge < -0.3 is 10.5 Å². The van der Waals surface area contributed by atoms with E-state index in [1.165, 1.54) is 4.90 Å². The van der Waals surface area contributed by atoms with Crippen molar-refractivity contribution in [1.82, 2.24) is 0 Å². The number of benzene rings is 2. The van der Waals surface area contributed by atoms with Gasteiger partial charge in [0, 0.05) is 26.2 Å². The number of rotatable bonds is 5. The first-order chi connectivity index (χ1) is 9.60. The molecule has 0 bridgehead atoms. The summed E-state index contributed by atoms with van der Waals surface area (Å²) in [6.45, 7) is 0. The standard InChI is InChI=1S/C15H15BrN2OS/c1-19-14-6-5-10(15(17)18)7-11(14)9-20-13-4-2-3-12(16)8-13/h2-8H,9H2,1H3,(H3,17,18). The second-order valence-corrected chi connectivity index (χ2v) is 6.15. The van der Waals surface area contributed by atoms with Gasteiger partial charge >= 0.3 is 0 Å². The molecule has 3 N–H and O–H groups in total. The quantitative estimate of drug-likeness (QED) is 0.486. The maximum atomic E-state index is 7.51. The molecule has 0 saturated carbocycles. The van der Waals surface area contributed by atoms with Crippen LogP contribution in [-0.2, 0) is 5.75 Å². The van der Waals surface area contributed by atoms with Gasteiger partial charge in [-0.15, -0.1) is 11.8 Å². The monoisotopic (exact) mass is 350 g/mol. The number of halogens is 1. The molecule has 0 aliphatic heterocycles. The van der Waals surface area contributed by atoms with E-state index in [1.54, 1.807) is 24.9 Å². The third-order valence-electron chi connectivity index (χ3n) is 2.78. The number of thioether (sulfide) groups is 1. The fourth-order valence-electron chi connectivity index (χ4n) is 1.78. The summed E-state index contributed by atoms with van der Waals surface area (Å²) in [7, 11) is 1.65. The van der Waals surface area contributed by atoms with Crippen LogP contribution in [0.25, 0.3) is 0 Å². The van der Waals surface area contributed by atoms with E-state index in [2.05, 4.69) is 28.1 Å². The van der Waals surface area contributed by atoms with Crippen molar-refractivity contribution in [3.63, 3.8) is 0 Å². The fourth-order valence-corrected chi connectivity index (χ4v) is 3.26. The van der Waals surface area contributed by atoms with Crippen molar-refractivity contribution in [2.45, 2.75) is 10.6 Å². The van der Waals surface area contributed by atoms with E-state index < -0.39 is 0 Å². The minimum Gasteiger partial charge on any atom is -0.496 e. The van der Waals surface area contributed by atoms with E-state index >= 15 is 0 Å². The molecule has 20 heavy (non-hydrogen) atoms. The van der Waals surface area contributed by atoms with Crippen molar-refractivity contribution in [3.05, 3.63) is 58.1 Å². The predicted molar refractivity (Wildman–Crippen MR) is 87.7 cm³/mol. The lowest BCUT2D eigenvalue weighted by Gasteiger charge is -2.10. The molecule has 0 aromatic heterocycles. The van der Waals surface area contributed by atoms with Crippen molar-refractivity contribution >= 4 is 33.5 Å². The number of ether oxygens (including phenoxy) is 1. The average Bonchev–Trinajstić information content (AvgIpc) is 2.44. The molecule has 2 aromatic rings. The Morgan fingerprint density at radius 2 is 2.10 bits per heavy atom. The van der Waals surface area contributed by atoms with Crippen molar-refractivity contribution in [1.29, 1.82) is 5.41 Å². The molecule has 2 rings (SSSR count). The van der Waals surface area contributed by atoms with Crippen molar-refractivity contribution in [2.24, 2.45) is 5.73 Å². The molecule has 0 spiro atoms. The van der Waals surface area contributed by atoms with Gasteiger partial charge in [-0.05, 0) is 36.4 Å². The van der Waals surface area contributed by atoms with Gasteiger partial charge in [-0.3, -0.25) is 5.41 Å². The van der Waals surface area contributed by atoms with Crippen LogP contribution in [-0.4, -0.2) is 12.9 Å². The number of hydrogen-bond donors (Lipinski definition) is 2. The van der Waals surface area contributed by atoms with E-state index in [4.69, 9.17) is 15.9 Å². The molecule has 0 aliphatic rings. The number of nitrogen functional groups attached to an aromatic ring is 1. The zero-order valence-electron chi connectivity index (χ0n) is 11.0. The summed E-state index contributed by atoms with van der Waals surface area (Å²) in [4.78, 5) is 1.18. The van der Waals surface area contributed by atoms with E-state index in [9.17, 15) is 0 Å². The Kier molecular flexibility index (Phi) is 5.09. The number of hydrogen-bond acceptors (Lipinski definition) is 3. The second kappa shape index (κ2) is 6.81. The first-order valence-electron chi connectivity index (χ1n) is 6.00. The van der Waals surface area contributed by atoms with Gasteiger partial charge in [0.05, 0.1) is 7.11 Å². The summed E-state index contributed by atoms with van der Waals surface area (Å²) in [5.74, 6) is 1.65. The summed E-state index contributed by atoms with van der Waals surface area (Å²) >= 11 is 5.18. The van der Waals surface area contributed by atoms with Crippen molar-refractivity contribution in [2.75, 3.05) is 7.11 Å². The van der Waals surface area contributed by atoms with Crippen LogP contribution in [0.15, 0.2) is 51.8 Å². The topological polar surface area (TPSA) is 59.1 Å². The lowest BCUT2D eigenvalue weighted by Crippen LogP contribution is -2.11. The van der Waals surface area contributed by atoms with Gasteiger partial charge in [-0.2, -0.15) is 0 Å². The maximum absolute atomic E-state index is 7.51. The highest BCUT2D eigenvalue weighted by atomic mass is 79.9. The highest BCUT2D eigenvalue weighted by Crippen LogP contribution is 2.30. The molecular weight excluding hydrogens is 336 g/mol. The first kappa shape index (κ1) is 14.9. The lowest BCUT2D eigenvalue weighted by molar-refractivity contribution is 0.411. The highest BCUT2D eigenvalue weighted by molar-refractivity contribution is 9.10. The summed E-state index contributed by atoms with van der Waals surface area (Å²) in [6.07, 6.45) is 0. The molecule has 0 atom stereocenters. The summed E-state index contributed by atoms with van der Waals surface area (Å²) in [5.41, 5.74) is 7.28. The smallest absolute Gasteiger partial charge is 0.122 e. The average molecular weight is 351 g/mol. The molecule has 0 radical (unpaired) electrons. The predicted octanol–water partition coefficient (Wildman–Crippen LogP) is 4.03.